The summed E-state index contributed by atoms with van der Waals surface area (Å²) in [4.78, 5) is 22.2. The van der Waals surface area contributed by atoms with Crippen LogP contribution in [-0.2, 0) is 0 Å². The third kappa shape index (κ3) is 3.63. The van der Waals surface area contributed by atoms with E-state index in [4.69, 9.17) is 4.74 Å². The molecule has 28 heavy (non-hydrogen) atoms. The standard InChI is InChI=1S/C20H17N5O2S/c1-13-17(14-8-10-16(27-2)11-9-14)22-20(28-13)23-19(26)18-21-12-25(24-18)15-6-4-3-5-7-15/h3-12H,1-2H3,(H,22,23,26). The number of nitrogens with zero attached hydrogens (tertiary/aromatic N) is 4. The second-order valence-corrected chi connectivity index (χ2v) is 7.16. The number of rotatable bonds is 5. The molecule has 0 atom stereocenters. The predicted molar refractivity (Wildman–Crippen MR) is 108 cm³/mol. The molecule has 0 spiro atoms. The van der Waals surface area contributed by atoms with Crippen LogP contribution in [0.4, 0.5) is 5.13 Å². The zero-order chi connectivity index (χ0) is 19.5. The van der Waals surface area contributed by atoms with Crippen LogP contribution in [0.1, 0.15) is 15.5 Å². The number of anilines is 1. The van der Waals surface area contributed by atoms with Gasteiger partial charge in [0.05, 0.1) is 18.5 Å². The molecule has 8 heteroatoms. The average Bonchev–Trinajstić information content (AvgIpc) is 3.36. The smallest absolute Gasteiger partial charge is 0.297 e. The number of thiazole rings is 1. The second kappa shape index (κ2) is 7.61. The maximum Gasteiger partial charge on any atom is 0.297 e. The van der Waals surface area contributed by atoms with E-state index in [1.165, 1.54) is 17.7 Å². The summed E-state index contributed by atoms with van der Waals surface area (Å²) in [5.74, 6) is 0.470. The number of methoxy groups -OCH3 is 1. The van der Waals surface area contributed by atoms with Gasteiger partial charge in [0.15, 0.2) is 5.13 Å². The van der Waals surface area contributed by atoms with Gasteiger partial charge in [-0.05, 0) is 43.3 Å². The van der Waals surface area contributed by atoms with Gasteiger partial charge in [0, 0.05) is 10.4 Å². The van der Waals surface area contributed by atoms with Crippen LogP contribution in [0.15, 0.2) is 60.9 Å². The predicted octanol–water partition coefficient (Wildman–Crippen LogP) is 3.96. The Bertz CT molecular complexity index is 1100. The van der Waals surface area contributed by atoms with Crippen molar-refractivity contribution in [3.05, 3.63) is 71.6 Å². The molecule has 0 aliphatic heterocycles. The molecule has 0 saturated heterocycles. The van der Waals surface area contributed by atoms with Crippen LogP contribution in [0, 0.1) is 6.92 Å². The number of nitrogens with one attached hydrogen (secondary N) is 1. The lowest BCUT2D eigenvalue weighted by Crippen LogP contribution is -2.14. The highest BCUT2D eigenvalue weighted by molar-refractivity contribution is 7.16. The lowest BCUT2D eigenvalue weighted by Gasteiger charge is -2.01. The summed E-state index contributed by atoms with van der Waals surface area (Å²) in [5, 5.41) is 7.53. The molecule has 140 valence electrons. The van der Waals surface area contributed by atoms with Gasteiger partial charge >= 0.3 is 0 Å². The summed E-state index contributed by atoms with van der Waals surface area (Å²) < 4.78 is 6.75. The second-order valence-electron chi connectivity index (χ2n) is 5.95. The number of aromatic nitrogens is 4. The molecule has 1 amide bonds. The van der Waals surface area contributed by atoms with Gasteiger partial charge < -0.3 is 4.74 Å². The third-order valence-corrected chi connectivity index (χ3v) is 4.98. The first kappa shape index (κ1) is 17.9. The zero-order valence-electron chi connectivity index (χ0n) is 15.3. The van der Waals surface area contributed by atoms with E-state index in [9.17, 15) is 4.79 Å². The number of carbonyl (C=O) groups is 1. The van der Waals surface area contributed by atoms with Crippen molar-refractivity contribution >= 4 is 22.4 Å². The normalized spacial score (nSPS) is 10.6. The Morgan fingerprint density at radius 1 is 1.11 bits per heavy atom. The van der Waals surface area contributed by atoms with Crippen molar-refractivity contribution in [1.29, 1.82) is 0 Å². The number of amides is 1. The number of hydrogen-bond donors (Lipinski definition) is 1. The summed E-state index contributed by atoms with van der Waals surface area (Å²) in [6, 6.07) is 17.1. The molecule has 2 heterocycles. The summed E-state index contributed by atoms with van der Waals surface area (Å²) in [5.41, 5.74) is 2.62. The number of ether oxygens (including phenoxy) is 1. The van der Waals surface area contributed by atoms with Crippen molar-refractivity contribution in [3.8, 4) is 22.7 Å². The molecular formula is C20H17N5O2S. The Morgan fingerprint density at radius 3 is 2.57 bits per heavy atom. The molecule has 4 aromatic rings. The van der Waals surface area contributed by atoms with Gasteiger partial charge in [0.25, 0.3) is 5.91 Å². The first-order valence-corrected chi connectivity index (χ1v) is 9.36. The first-order valence-electron chi connectivity index (χ1n) is 8.54. The van der Waals surface area contributed by atoms with Gasteiger partial charge in [0.2, 0.25) is 5.82 Å². The molecule has 2 aromatic heterocycles. The molecule has 0 aliphatic rings. The Hall–Kier alpha value is -3.52. The first-order chi connectivity index (χ1) is 13.6. The van der Waals surface area contributed by atoms with E-state index in [0.717, 1.165) is 27.6 Å². The van der Waals surface area contributed by atoms with Crippen LogP contribution in [0.25, 0.3) is 16.9 Å². The maximum absolute atomic E-state index is 12.5. The largest absolute Gasteiger partial charge is 0.497 e. The number of para-hydroxylation sites is 1. The fourth-order valence-electron chi connectivity index (χ4n) is 2.69. The topological polar surface area (TPSA) is 81.9 Å². The van der Waals surface area contributed by atoms with Gasteiger partial charge in [-0.25, -0.2) is 14.6 Å². The lowest BCUT2D eigenvalue weighted by atomic mass is 10.1. The summed E-state index contributed by atoms with van der Waals surface area (Å²) in [7, 11) is 1.63. The van der Waals surface area contributed by atoms with Gasteiger partial charge in [0.1, 0.15) is 12.1 Å². The summed E-state index contributed by atoms with van der Waals surface area (Å²) in [6.07, 6.45) is 1.51. The molecule has 1 N–H and O–H groups in total. The average molecular weight is 391 g/mol. The molecule has 7 nitrogen and oxygen atoms in total. The van der Waals surface area contributed by atoms with E-state index >= 15 is 0 Å². The van der Waals surface area contributed by atoms with E-state index in [1.807, 2.05) is 61.5 Å². The highest BCUT2D eigenvalue weighted by Crippen LogP contribution is 2.31. The minimum atomic E-state index is -0.398. The molecular weight excluding hydrogens is 374 g/mol. The van der Waals surface area contributed by atoms with Gasteiger partial charge in [-0.3, -0.25) is 10.1 Å². The molecule has 2 aromatic carbocycles. The fraction of sp³-hybridized carbons (Fsp3) is 0.100. The van der Waals surface area contributed by atoms with Crippen molar-refractivity contribution in [1.82, 2.24) is 19.7 Å². The van der Waals surface area contributed by atoms with Crippen LogP contribution in [-0.4, -0.2) is 32.8 Å². The molecule has 0 radical (unpaired) electrons. The maximum atomic E-state index is 12.5. The monoisotopic (exact) mass is 391 g/mol. The van der Waals surface area contributed by atoms with E-state index in [-0.39, 0.29) is 5.82 Å². The zero-order valence-corrected chi connectivity index (χ0v) is 16.1. The fourth-order valence-corrected chi connectivity index (χ4v) is 3.52. The Kier molecular flexibility index (Phi) is 4.86. The van der Waals surface area contributed by atoms with Crippen LogP contribution < -0.4 is 10.1 Å². The van der Waals surface area contributed by atoms with E-state index in [2.05, 4.69) is 20.4 Å². The van der Waals surface area contributed by atoms with Crippen molar-refractivity contribution in [2.45, 2.75) is 6.92 Å². The van der Waals surface area contributed by atoms with E-state index < -0.39 is 5.91 Å². The van der Waals surface area contributed by atoms with Crippen molar-refractivity contribution in [3.63, 3.8) is 0 Å². The van der Waals surface area contributed by atoms with Crippen molar-refractivity contribution in [2.24, 2.45) is 0 Å². The van der Waals surface area contributed by atoms with Crippen molar-refractivity contribution in [2.75, 3.05) is 12.4 Å². The van der Waals surface area contributed by atoms with Crippen LogP contribution in [0.2, 0.25) is 0 Å². The molecule has 0 fully saturated rings. The Balaban J connectivity index is 1.51. The molecule has 0 saturated carbocycles. The molecule has 0 unspecified atom stereocenters. The minimum absolute atomic E-state index is 0.0858. The quantitative estimate of drug-likeness (QED) is 0.557. The highest BCUT2D eigenvalue weighted by Gasteiger charge is 2.16. The van der Waals surface area contributed by atoms with Gasteiger partial charge in [-0.15, -0.1) is 16.4 Å². The Labute approximate surface area is 165 Å². The molecule has 0 aliphatic carbocycles. The van der Waals surface area contributed by atoms with Gasteiger partial charge in [-0.2, -0.15) is 0 Å². The highest BCUT2D eigenvalue weighted by atomic mass is 32.1. The Morgan fingerprint density at radius 2 is 1.86 bits per heavy atom. The third-order valence-electron chi connectivity index (χ3n) is 4.10. The lowest BCUT2D eigenvalue weighted by molar-refractivity contribution is 0.101. The van der Waals surface area contributed by atoms with Crippen LogP contribution in [0.5, 0.6) is 5.75 Å². The van der Waals surface area contributed by atoms with Crippen LogP contribution in [0.3, 0.4) is 0 Å². The van der Waals surface area contributed by atoms with E-state index in [0.29, 0.717) is 5.13 Å². The minimum Gasteiger partial charge on any atom is -0.497 e. The number of carbonyl (C=O) groups excluding carboxylic acids is 1. The summed E-state index contributed by atoms with van der Waals surface area (Å²) in [6.45, 7) is 1.97. The van der Waals surface area contributed by atoms with E-state index in [1.54, 1.807) is 11.8 Å². The number of aryl methyl sites for hydroxylation is 1. The number of benzene rings is 2. The van der Waals surface area contributed by atoms with Gasteiger partial charge in [-0.1, -0.05) is 18.2 Å². The SMILES string of the molecule is COc1ccc(-c2nc(NC(=O)c3ncn(-c4ccccc4)n3)sc2C)cc1. The summed E-state index contributed by atoms with van der Waals surface area (Å²) >= 11 is 1.41. The molecule has 0 bridgehead atoms. The van der Waals surface area contributed by atoms with Crippen molar-refractivity contribution < 1.29 is 9.53 Å². The molecule has 4 rings (SSSR count). The van der Waals surface area contributed by atoms with Crippen LogP contribution >= 0.6 is 11.3 Å². The number of hydrogen-bond acceptors (Lipinski definition) is 6.